The minimum Gasteiger partial charge on any atom is -0.266 e. The van der Waals surface area contributed by atoms with Crippen molar-refractivity contribution >= 4 is 38.4 Å². The first-order valence-electron chi connectivity index (χ1n) is 7.67. The maximum absolute atomic E-state index is 13.0. The Balaban J connectivity index is 1.95. The van der Waals surface area contributed by atoms with E-state index in [0.717, 1.165) is 22.7 Å². The predicted molar refractivity (Wildman–Crippen MR) is 101 cm³/mol. The van der Waals surface area contributed by atoms with E-state index in [4.69, 9.17) is 0 Å². The van der Waals surface area contributed by atoms with E-state index in [-0.39, 0.29) is 0 Å². The zero-order chi connectivity index (χ0) is 17.2. The fourth-order valence-electron chi connectivity index (χ4n) is 2.36. The van der Waals surface area contributed by atoms with Gasteiger partial charge in [0.05, 0.1) is 11.4 Å². The summed E-state index contributed by atoms with van der Waals surface area (Å²) in [4.78, 5) is 4.53. The van der Waals surface area contributed by atoms with Gasteiger partial charge in [0.2, 0.25) is 0 Å². The van der Waals surface area contributed by atoms with Crippen LogP contribution in [0.4, 0.5) is 5.69 Å². The molecule has 0 aliphatic carbocycles. The topological polar surface area (TPSA) is 50.3 Å². The van der Waals surface area contributed by atoms with Gasteiger partial charge in [-0.2, -0.15) is 0 Å². The molecule has 0 N–H and O–H groups in total. The Labute approximate surface area is 150 Å². The van der Waals surface area contributed by atoms with Crippen molar-refractivity contribution in [2.75, 3.05) is 10.8 Å². The third kappa shape index (κ3) is 3.24. The van der Waals surface area contributed by atoms with Gasteiger partial charge in [-0.05, 0) is 31.5 Å². The summed E-state index contributed by atoms with van der Waals surface area (Å²) in [5.41, 5.74) is 2.58. The molecule has 4 nitrogen and oxygen atoms in total. The van der Waals surface area contributed by atoms with Gasteiger partial charge in [0.15, 0.2) is 0 Å². The quantitative estimate of drug-likeness (QED) is 0.627. The summed E-state index contributed by atoms with van der Waals surface area (Å²) >= 11 is 2.79. The van der Waals surface area contributed by atoms with E-state index in [1.54, 1.807) is 17.4 Å². The number of thiophene rings is 1. The standard InChI is InChI=1S/C17H18N2O2S3/c1-3-14-12-23-17(18-14)13-10-16(22-11-13)24(20,21)19(4-2)15-8-6-5-7-9-15/h5-12H,3-4H2,1-2H3. The zero-order valence-electron chi connectivity index (χ0n) is 13.5. The average Bonchev–Trinajstić information content (AvgIpc) is 3.25. The zero-order valence-corrected chi connectivity index (χ0v) is 15.9. The molecule has 0 bridgehead atoms. The Bertz CT molecular complexity index is 914. The predicted octanol–water partition coefficient (Wildman–Crippen LogP) is 4.65. The lowest BCUT2D eigenvalue weighted by Gasteiger charge is -2.21. The Hall–Kier alpha value is -1.70. The lowest BCUT2D eigenvalue weighted by molar-refractivity contribution is 0.594. The Morgan fingerprint density at radius 2 is 1.83 bits per heavy atom. The van der Waals surface area contributed by atoms with Gasteiger partial charge in [0.25, 0.3) is 10.0 Å². The first-order valence-corrected chi connectivity index (χ1v) is 10.9. The van der Waals surface area contributed by atoms with E-state index < -0.39 is 10.0 Å². The van der Waals surface area contributed by atoms with Crippen LogP contribution < -0.4 is 4.31 Å². The number of aromatic nitrogens is 1. The lowest BCUT2D eigenvalue weighted by Crippen LogP contribution is -2.30. The molecular weight excluding hydrogens is 360 g/mol. The van der Waals surface area contributed by atoms with Crippen LogP contribution in [0.2, 0.25) is 0 Å². The Morgan fingerprint density at radius 1 is 1.08 bits per heavy atom. The Kier molecular flexibility index (Phi) is 5.03. The van der Waals surface area contributed by atoms with Crippen LogP contribution in [0.3, 0.4) is 0 Å². The molecule has 2 heterocycles. The molecule has 1 aromatic carbocycles. The first-order chi connectivity index (χ1) is 11.6. The van der Waals surface area contributed by atoms with Gasteiger partial charge in [0.1, 0.15) is 9.22 Å². The van der Waals surface area contributed by atoms with Gasteiger partial charge in [-0.15, -0.1) is 22.7 Å². The molecule has 0 saturated carbocycles. The summed E-state index contributed by atoms with van der Waals surface area (Å²) in [5.74, 6) is 0. The normalized spacial score (nSPS) is 11.6. The van der Waals surface area contributed by atoms with Crippen molar-refractivity contribution in [2.45, 2.75) is 24.5 Å². The maximum atomic E-state index is 13.0. The van der Waals surface area contributed by atoms with Crippen molar-refractivity contribution in [1.29, 1.82) is 0 Å². The number of para-hydroxylation sites is 1. The third-order valence-corrected chi connectivity index (χ3v) is 7.87. The highest BCUT2D eigenvalue weighted by Crippen LogP contribution is 2.33. The summed E-state index contributed by atoms with van der Waals surface area (Å²) in [7, 11) is -3.56. The monoisotopic (exact) mass is 378 g/mol. The highest BCUT2D eigenvalue weighted by atomic mass is 32.2. The van der Waals surface area contributed by atoms with E-state index >= 15 is 0 Å². The van der Waals surface area contributed by atoms with E-state index in [0.29, 0.717) is 16.4 Å². The van der Waals surface area contributed by atoms with Crippen LogP contribution in [0.1, 0.15) is 19.5 Å². The van der Waals surface area contributed by atoms with E-state index in [2.05, 4.69) is 11.9 Å². The summed E-state index contributed by atoms with van der Waals surface area (Å²) in [5, 5.41) is 4.75. The number of sulfonamides is 1. The fourth-order valence-corrected chi connectivity index (χ4v) is 6.08. The van der Waals surface area contributed by atoms with Gasteiger partial charge in [0, 0.05) is 22.9 Å². The number of nitrogens with zero attached hydrogens (tertiary/aromatic N) is 2. The molecule has 0 amide bonds. The van der Waals surface area contributed by atoms with Crippen LogP contribution in [0, 0.1) is 0 Å². The van der Waals surface area contributed by atoms with E-state index in [9.17, 15) is 8.42 Å². The van der Waals surface area contributed by atoms with Crippen LogP contribution in [-0.4, -0.2) is 19.9 Å². The van der Waals surface area contributed by atoms with Crippen molar-refractivity contribution in [1.82, 2.24) is 4.98 Å². The van der Waals surface area contributed by atoms with Crippen LogP contribution in [0.15, 0.2) is 51.4 Å². The second-order valence-corrected chi connectivity index (χ2v) is 9.02. The highest BCUT2D eigenvalue weighted by Gasteiger charge is 2.25. The molecule has 0 saturated heterocycles. The van der Waals surface area contributed by atoms with Crippen LogP contribution in [-0.2, 0) is 16.4 Å². The second kappa shape index (κ2) is 7.04. The SMILES string of the molecule is CCc1csc(-c2csc(S(=O)(=O)N(CC)c3ccccc3)c2)n1. The van der Waals surface area contributed by atoms with Gasteiger partial charge < -0.3 is 0 Å². The minimum absolute atomic E-state index is 0.344. The van der Waals surface area contributed by atoms with E-state index in [1.807, 2.05) is 48.0 Å². The van der Waals surface area contributed by atoms with Crippen molar-refractivity contribution in [3.63, 3.8) is 0 Å². The smallest absolute Gasteiger partial charge is 0.266 e. The maximum Gasteiger partial charge on any atom is 0.273 e. The summed E-state index contributed by atoms with van der Waals surface area (Å²) < 4.78 is 27.8. The second-order valence-electron chi connectivity index (χ2n) is 5.16. The number of hydrogen-bond donors (Lipinski definition) is 0. The van der Waals surface area contributed by atoms with Crippen LogP contribution >= 0.6 is 22.7 Å². The Morgan fingerprint density at radius 3 is 2.46 bits per heavy atom. The summed E-state index contributed by atoms with van der Waals surface area (Å²) in [6.45, 7) is 4.28. The van der Waals surface area contributed by atoms with Crippen molar-refractivity contribution in [2.24, 2.45) is 0 Å². The van der Waals surface area contributed by atoms with Gasteiger partial charge in [-0.3, -0.25) is 4.31 Å². The molecule has 126 valence electrons. The summed E-state index contributed by atoms with van der Waals surface area (Å²) in [6.07, 6.45) is 0.878. The fraction of sp³-hybridized carbons (Fsp3) is 0.235. The number of hydrogen-bond acceptors (Lipinski definition) is 5. The first kappa shape index (κ1) is 17.1. The number of thiazole rings is 1. The lowest BCUT2D eigenvalue weighted by atomic mass is 10.3. The summed E-state index contributed by atoms with van der Waals surface area (Å²) in [6, 6.07) is 10.9. The molecule has 0 aliphatic rings. The van der Waals surface area contributed by atoms with Crippen molar-refractivity contribution in [3.05, 3.63) is 52.9 Å². The molecule has 0 radical (unpaired) electrons. The van der Waals surface area contributed by atoms with E-state index in [1.165, 1.54) is 15.6 Å². The van der Waals surface area contributed by atoms with Gasteiger partial charge in [-0.25, -0.2) is 13.4 Å². The molecule has 0 spiro atoms. The number of benzene rings is 1. The number of anilines is 1. The molecule has 0 unspecified atom stereocenters. The molecule has 2 aromatic heterocycles. The van der Waals surface area contributed by atoms with Crippen molar-refractivity contribution < 1.29 is 8.42 Å². The van der Waals surface area contributed by atoms with Gasteiger partial charge >= 0.3 is 0 Å². The molecular formula is C17H18N2O2S3. The third-order valence-electron chi connectivity index (χ3n) is 3.61. The van der Waals surface area contributed by atoms with Gasteiger partial charge in [-0.1, -0.05) is 25.1 Å². The molecule has 3 rings (SSSR count). The minimum atomic E-state index is -3.56. The number of rotatable bonds is 6. The molecule has 0 fully saturated rings. The molecule has 0 aliphatic heterocycles. The van der Waals surface area contributed by atoms with Crippen LogP contribution in [0.25, 0.3) is 10.6 Å². The van der Waals surface area contributed by atoms with Crippen molar-refractivity contribution in [3.8, 4) is 10.6 Å². The average molecular weight is 379 g/mol. The molecule has 7 heteroatoms. The number of aryl methyl sites for hydroxylation is 1. The highest BCUT2D eigenvalue weighted by molar-refractivity contribution is 7.94. The molecule has 3 aromatic rings. The molecule has 24 heavy (non-hydrogen) atoms. The van der Waals surface area contributed by atoms with Crippen LogP contribution in [0.5, 0.6) is 0 Å². The largest absolute Gasteiger partial charge is 0.273 e. The molecule has 0 atom stereocenters.